The first-order valence-corrected chi connectivity index (χ1v) is 14.6. The number of nitrogens with zero attached hydrogens (tertiary/aromatic N) is 6. The van der Waals surface area contributed by atoms with Crippen LogP contribution in [0.25, 0.3) is 33.8 Å². The highest BCUT2D eigenvalue weighted by Crippen LogP contribution is 2.32. The summed E-state index contributed by atoms with van der Waals surface area (Å²) in [4.78, 5) is 32.0. The Bertz CT molecular complexity index is 2040. The molecule has 0 saturated carbocycles. The van der Waals surface area contributed by atoms with Gasteiger partial charge in [-0.25, -0.2) is 28.6 Å². The summed E-state index contributed by atoms with van der Waals surface area (Å²) in [6.07, 6.45) is 2.86. The van der Waals surface area contributed by atoms with Crippen molar-refractivity contribution in [2.24, 2.45) is 0 Å². The number of carboxylic acids is 1. The van der Waals surface area contributed by atoms with Crippen LogP contribution in [0, 0.1) is 0 Å². The van der Waals surface area contributed by atoms with Gasteiger partial charge >= 0.3 is 11.9 Å². The van der Waals surface area contributed by atoms with Gasteiger partial charge in [-0.1, -0.05) is 69.6 Å². The number of aromatic carboxylic acids is 1. The van der Waals surface area contributed by atoms with Crippen LogP contribution in [0.4, 0.5) is 0 Å². The number of halogens is 6. The fourth-order valence-electron chi connectivity index (χ4n) is 4.22. The number of fused-ring (bicyclic) bond motifs is 2. The summed E-state index contributed by atoms with van der Waals surface area (Å²) in [5.41, 5.74) is 2.57. The van der Waals surface area contributed by atoms with Crippen molar-refractivity contribution in [3.05, 3.63) is 102 Å². The Morgan fingerprint density at radius 2 is 1.07 bits per heavy atom. The molecule has 0 atom stereocenters. The molecule has 4 heterocycles. The molecule has 0 unspecified atom stereocenters. The third kappa shape index (κ3) is 6.71. The van der Waals surface area contributed by atoms with Crippen LogP contribution in [0.2, 0.25) is 30.1 Å². The second-order valence-corrected chi connectivity index (χ2v) is 11.5. The third-order valence-corrected chi connectivity index (χ3v) is 7.12. The smallest absolute Gasteiger partial charge is 0.359 e. The standard InChI is InChI=1S/C15H10Cl3N3O2.C13H6Cl3N3O2/c1-2-23-15(22)13-14(8-3-9(16)5-10(17)4-8)21-12(20-13)6-11(18)7-19-21;14-7-1-6(2-8(15)3-7)12-11(13(20)21)18-10-4-9(16)5-17-19(10)12/h3-7H,2H2,1H3;1-5H,(H,20,21). The highest BCUT2D eigenvalue weighted by Gasteiger charge is 2.24. The van der Waals surface area contributed by atoms with E-state index in [-0.39, 0.29) is 18.0 Å². The predicted octanol–water partition coefficient (Wildman–Crippen LogP) is 8.59. The van der Waals surface area contributed by atoms with E-state index in [1.807, 2.05) is 0 Å². The molecule has 0 aliphatic carbocycles. The second kappa shape index (κ2) is 13.2. The molecule has 0 amide bonds. The average molecular weight is 713 g/mol. The van der Waals surface area contributed by atoms with E-state index in [1.165, 1.54) is 27.5 Å². The Labute approximate surface area is 278 Å². The minimum atomic E-state index is -1.18. The molecule has 10 nitrogen and oxygen atoms in total. The number of carbonyl (C=O) groups is 2. The van der Waals surface area contributed by atoms with Crippen molar-refractivity contribution < 1.29 is 19.4 Å². The first-order valence-electron chi connectivity index (χ1n) is 12.4. The zero-order valence-electron chi connectivity index (χ0n) is 22.1. The molecule has 44 heavy (non-hydrogen) atoms. The number of carbonyl (C=O) groups excluding carboxylic acids is 1. The van der Waals surface area contributed by atoms with E-state index in [1.54, 1.807) is 49.4 Å². The monoisotopic (exact) mass is 710 g/mol. The van der Waals surface area contributed by atoms with Crippen molar-refractivity contribution in [3.8, 4) is 22.5 Å². The molecule has 0 radical (unpaired) electrons. The molecule has 16 heteroatoms. The number of imidazole rings is 2. The van der Waals surface area contributed by atoms with Crippen LogP contribution in [0.3, 0.4) is 0 Å². The lowest BCUT2D eigenvalue weighted by molar-refractivity contribution is 0.0520. The van der Waals surface area contributed by atoms with Crippen LogP contribution in [-0.4, -0.2) is 52.8 Å². The predicted molar refractivity (Wildman–Crippen MR) is 170 cm³/mol. The molecular weight excluding hydrogens is 697 g/mol. The molecule has 224 valence electrons. The largest absolute Gasteiger partial charge is 0.476 e. The van der Waals surface area contributed by atoms with Crippen molar-refractivity contribution >= 4 is 92.8 Å². The summed E-state index contributed by atoms with van der Waals surface area (Å²) < 4.78 is 7.96. The maximum atomic E-state index is 12.2. The molecule has 6 aromatic rings. The number of aromatic nitrogens is 6. The topological polar surface area (TPSA) is 124 Å². The first kappa shape index (κ1) is 31.8. The van der Waals surface area contributed by atoms with Crippen LogP contribution in [0.5, 0.6) is 0 Å². The van der Waals surface area contributed by atoms with E-state index in [0.717, 1.165) is 0 Å². The maximum absolute atomic E-state index is 12.2. The number of rotatable bonds is 5. The van der Waals surface area contributed by atoms with Crippen molar-refractivity contribution in [2.45, 2.75) is 6.92 Å². The van der Waals surface area contributed by atoms with Crippen molar-refractivity contribution in [1.82, 2.24) is 29.2 Å². The first-order chi connectivity index (χ1) is 20.9. The molecular formula is C28H16Cl6N6O4. The lowest BCUT2D eigenvalue weighted by atomic mass is 10.1. The fourth-order valence-corrected chi connectivity index (χ4v) is 5.55. The van der Waals surface area contributed by atoms with Gasteiger partial charge in [0.2, 0.25) is 0 Å². The summed E-state index contributed by atoms with van der Waals surface area (Å²) in [5.74, 6) is -1.73. The summed E-state index contributed by atoms with van der Waals surface area (Å²) in [7, 11) is 0. The van der Waals surface area contributed by atoms with Gasteiger partial charge in [-0.2, -0.15) is 10.2 Å². The summed E-state index contributed by atoms with van der Waals surface area (Å²) in [6, 6.07) is 12.8. The van der Waals surface area contributed by atoms with Gasteiger partial charge in [0.1, 0.15) is 11.4 Å². The van der Waals surface area contributed by atoms with Crippen molar-refractivity contribution in [2.75, 3.05) is 6.61 Å². The van der Waals surface area contributed by atoms with Gasteiger partial charge < -0.3 is 9.84 Å². The van der Waals surface area contributed by atoms with Gasteiger partial charge in [0.05, 0.1) is 29.0 Å². The summed E-state index contributed by atoms with van der Waals surface area (Å²) >= 11 is 35.9. The molecule has 0 aliphatic heterocycles. The highest BCUT2D eigenvalue weighted by molar-refractivity contribution is 6.35. The molecule has 2 aromatic carbocycles. The number of carboxylic acid groups (broad SMARTS) is 1. The lowest BCUT2D eigenvalue weighted by Gasteiger charge is -2.06. The minimum absolute atomic E-state index is 0.125. The van der Waals surface area contributed by atoms with E-state index < -0.39 is 11.9 Å². The SMILES string of the molecule is CCOC(=O)c1nc2cc(Cl)cnn2c1-c1cc(Cl)cc(Cl)c1.O=C(O)c1nc2cc(Cl)cnn2c1-c1cc(Cl)cc(Cl)c1. The second-order valence-electron chi connectivity index (χ2n) is 8.85. The number of hydrogen-bond acceptors (Lipinski definition) is 7. The zero-order valence-corrected chi connectivity index (χ0v) is 26.6. The molecule has 0 bridgehead atoms. The normalized spacial score (nSPS) is 11.0. The van der Waals surface area contributed by atoms with E-state index in [9.17, 15) is 14.7 Å². The molecule has 0 spiro atoms. The summed E-state index contributed by atoms with van der Waals surface area (Å²) in [5, 5.41) is 20.1. The molecule has 0 aliphatic rings. The Morgan fingerprint density at radius 3 is 1.48 bits per heavy atom. The molecule has 1 N–H and O–H groups in total. The fraction of sp³-hybridized carbons (Fsp3) is 0.0714. The van der Waals surface area contributed by atoms with E-state index in [2.05, 4.69) is 20.2 Å². The molecule has 6 rings (SSSR count). The quantitative estimate of drug-likeness (QED) is 0.176. The van der Waals surface area contributed by atoms with Crippen LogP contribution < -0.4 is 0 Å². The van der Waals surface area contributed by atoms with Crippen molar-refractivity contribution in [3.63, 3.8) is 0 Å². The van der Waals surface area contributed by atoms with Crippen LogP contribution in [0.1, 0.15) is 27.9 Å². The number of ether oxygens (including phenoxy) is 1. The van der Waals surface area contributed by atoms with Crippen LogP contribution in [-0.2, 0) is 4.74 Å². The highest BCUT2D eigenvalue weighted by atomic mass is 35.5. The third-order valence-electron chi connectivity index (χ3n) is 5.83. The minimum Gasteiger partial charge on any atom is -0.476 e. The summed E-state index contributed by atoms with van der Waals surface area (Å²) in [6.45, 7) is 1.95. The van der Waals surface area contributed by atoms with E-state index in [4.69, 9.17) is 74.3 Å². The van der Waals surface area contributed by atoms with E-state index >= 15 is 0 Å². The maximum Gasteiger partial charge on any atom is 0.359 e. The Hall–Kier alpha value is -3.64. The van der Waals surface area contributed by atoms with Gasteiger partial charge in [-0.05, 0) is 43.3 Å². The van der Waals surface area contributed by atoms with Gasteiger partial charge in [-0.15, -0.1) is 0 Å². The molecule has 0 fully saturated rings. The van der Waals surface area contributed by atoms with Gasteiger partial charge in [0.25, 0.3) is 0 Å². The Kier molecular flexibility index (Phi) is 9.50. The number of hydrogen-bond donors (Lipinski definition) is 1. The van der Waals surface area contributed by atoms with Crippen molar-refractivity contribution in [1.29, 1.82) is 0 Å². The van der Waals surface area contributed by atoms with Crippen LogP contribution in [0.15, 0.2) is 60.9 Å². The average Bonchev–Trinajstić information content (AvgIpc) is 3.51. The van der Waals surface area contributed by atoms with E-state index in [0.29, 0.717) is 63.9 Å². The van der Waals surface area contributed by atoms with Gasteiger partial charge in [0, 0.05) is 43.4 Å². The zero-order chi connectivity index (χ0) is 31.7. The Balaban J connectivity index is 0.000000175. The molecule has 0 saturated heterocycles. The molecule has 4 aromatic heterocycles. The Morgan fingerprint density at radius 1 is 0.659 bits per heavy atom. The van der Waals surface area contributed by atoms with Gasteiger partial charge in [-0.3, -0.25) is 0 Å². The number of benzene rings is 2. The van der Waals surface area contributed by atoms with Crippen LogP contribution >= 0.6 is 69.6 Å². The number of esters is 1. The lowest BCUT2D eigenvalue weighted by Crippen LogP contribution is -2.07. The van der Waals surface area contributed by atoms with Gasteiger partial charge in [0.15, 0.2) is 22.7 Å².